The molecule has 3 aromatic carbocycles. The zero-order valence-electron chi connectivity index (χ0n) is 14.1. The number of nitro benzene ring substituents is 3. The number of para-hydroxylation sites is 1. The molecule has 0 unspecified atom stereocenters. The van der Waals surface area contributed by atoms with E-state index in [4.69, 9.17) is 0 Å². The average molecular weight is 380 g/mol. The molecule has 140 valence electrons. The molecule has 0 bridgehead atoms. The highest BCUT2D eigenvalue weighted by Gasteiger charge is 2.31. The van der Waals surface area contributed by atoms with Crippen LogP contribution >= 0.6 is 0 Å². The van der Waals surface area contributed by atoms with Crippen LogP contribution in [0.4, 0.5) is 28.4 Å². The molecule has 0 aliphatic carbocycles. The lowest BCUT2D eigenvalue weighted by Gasteiger charge is -2.12. The predicted molar refractivity (Wildman–Crippen MR) is 102 cm³/mol. The standard InChI is InChI=1S/C18H12N4O6/c23-20(24)13-10-16(21(25)26)18(17(11-13)22(27)28)19-15-9-5-4-8-14(15)12-6-2-1-3-7-12/h1-11,19H. The molecule has 0 saturated carbocycles. The van der Waals surface area contributed by atoms with Gasteiger partial charge >= 0.3 is 11.4 Å². The Morgan fingerprint density at radius 3 is 1.75 bits per heavy atom. The van der Waals surface area contributed by atoms with Gasteiger partial charge in [-0.25, -0.2) is 0 Å². The number of nitro groups is 3. The minimum Gasteiger partial charge on any atom is -0.344 e. The normalized spacial score (nSPS) is 10.3. The van der Waals surface area contributed by atoms with Gasteiger partial charge in [0.2, 0.25) is 0 Å². The molecule has 0 amide bonds. The number of nitrogens with zero attached hydrogens (tertiary/aromatic N) is 3. The van der Waals surface area contributed by atoms with E-state index >= 15 is 0 Å². The van der Waals surface area contributed by atoms with Crippen LogP contribution in [0, 0.1) is 30.3 Å². The van der Waals surface area contributed by atoms with Gasteiger partial charge < -0.3 is 5.32 Å². The van der Waals surface area contributed by atoms with E-state index in [1.807, 2.05) is 30.3 Å². The lowest BCUT2D eigenvalue weighted by Crippen LogP contribution is -2.04. The Morgan fingerprint density at radius 2 is 1.21 bits per heavy atom. The minimum atomic E-state index is -0.915. The summed E-state index contributed by atoms with van der Waals surface area (Å²) in [6.07, 6.45) is 0. The van der Waals surface area contributed by atoms with E-state index in [2.05, 4.69) is 5.32 Å². The Balaban J connectivity index is 2.20. The molecule has 0 fully saturated rings. The quantitative estimate of drug-likeness (QED) is 0.477. The van der Waals surface area contributed by atoms with Crippen molar-refractivity contribution in [1.29, 1.82) is 0 Å². The first kappa shape index (κ1) is 18.5. The largest absolute Gasteiger partial charge is 0.344 e. The number of benzene rings is 3. The third kappa shape index (κ3) is 3.60. The average Bonchev–Trinajstić information content (AvgIpc) is 2.68. The van der Waals surface area contributed by atoms with E-state index in [9.17, 15) is 30.3 Å². The van der Waals surface area contributed by atoms with Gasteiger partial charge in [-0.1, -0.05) is 48.5 Å². The third-order valence-corrected chi connectivity index (χ3v) is 3.96. The molecule has 1 N–H and O–H groups in total. The molecule has 0 aliphatic heterocycles. The van der Waals surface area contributed by atoms with Gasteiger partial charge in [0.25, 0.3) is 5.69 Å². The Morgan fingerprint density at radius 1 is 0.679 bits per heavy atom. The van der Waals surface area contributed by atoms with E-state index in [1.54, 1.807) is 24.3 Å². The highest BCUT2D eigenvalue weighted by molar-refractivity contribution is 5.87. The number of rotatable bonds is 6. The fourth-order valence-corrected chi connectivity index (χ4v) is 2.72. The molecule has 10 nitrogen and oxygen atoms in total. The summed E-state index contributed by atoms with van der Waals surface area (Å²) in [4.78, 5) is 31.2. The summed E-state index contributed by atoms with van der Waals surface area (Å²) in [5.74, 6) is 0. The Kier molecular flexibility index (Phi) is 4.94. The Bertz CT molecular complexity index is 1050. The smallest absolute Gasteiger partial charge is 0.306 e. The molecule has 10 heteroatoms. The fourth-order valence-electron chi connectivity index (χ4n) is 2.72. The van der Waals surface area contributed by atoms with Crippen molar-refractivity contribution in [3.8, 4) is 11.1 Å². The number of anilines is 2. The van der Waals surface area contributed by atoms with E-state index in [-0.39, 0.29) is 0 Å². The Hall–Kier alpha value is -4.34. The number of hydrogen-bond donors (Lipinski definition) is 1. The van der Waals surface area contributed by atoms with Crippen LogP contribution in [0.25, 0.3) is 11.1 Å². The molecular formula is C18H12N4O6. The Labute approximate surface area is 157 Å². The van der Waals surface area contributed by atoms with Gasteiger partial charge in [0.1, 0.15) is 0 Å². The van der Waals surface area contributed by atoms with Crippen molar-refractivity contribution >= 4 is 28.4 Å². The molecule has 3 aromatic rings. The van der Waals surface area contributed by atoms with E-state index in [0.29, 0.717) is 23.4 Å². The highest BCUT2D eigenvalue weighted by atomic mass is 16.6. The topological polar surface area (TPSA) is 141 Å². The first-order chi connectivity index (χ1) is 13.4. The first-order valence-corrected chi connectivity index (χ1v) is 7.91. The highest BCUT2D eigenvalue weighted by Crippen LogP contribution is 2.41. The van der Waals surface area contributed by atoms with Crippen LogP contribution in [-0.4, -0.2) is 14.8 Å². The molecule has 0 aromatic heterocycles. The zero-order valence-corrected chi connectivity index (χ0v) is 14.1. The summed E-state index contributed by atoms with van der Waals surface area (Å²) in [7, 11) is 0. The van der Waals surface area contributed by atoms with Crippen molar-refractivity contribution in [3.05, 3.63) is 97.1 Å². The number of nitrogens with one attached hydrogen (secondary N) is 1. The van der Waals surface area contributed by atoms with E-state index in [0.717, 1.165) is 5.56 Å². The number of non-ortho nitro benzene ring substituents is 1. The van der Waals surface area contributed by atoms with Gasteiger partial charge in [-0.05, 0) is 11.6 Å². The monoisotopic (exact) mass is 380 g/mol. The van der Waals surface area contributed by atoms with E-state index in [1.165, 1.54) is 0 Å². The van der Waals surface area contributed by atoms with Crippen molar-refractivity contribution in [3.63, 3.8) is 0 Å². The maximum atomic E-state index is 11.4. The lowest BCUT2D eigenvalue weighted by molar-refractivity contribution is -0.401. The van der Waals surface area contributed by atoms with Gasteiger partial charge in [-0.3, -0.25) is 30.3 Å². The predicted octanol–water partition coefficient (Wildman–Crippen LogP) is 4.82. The van der Waals surface area contributed by atoms with Gasteiger partial charge in [-0.15, -0.1) is 0 Å². The molecule has 0 radical (unpaired) electrons. The summed E-state index contributed by atoms with van der Waals surface area (Å²) < 4.78 is 0. The second kappa shape index (κ2) is 7.50. The first-order valence-electron chi connectivity index (χ1n) is 7.91. The number of hydrogen-bond acceptors (Lipinski definition) is 7. The van der Waals surface area contributed by atoms with Gasteiger partial charge in [0.05, 0.1) is 26.9 Å². The van der Waals surface area contributed by atoms with Crippen LogP contribution in [0.1, 0.15) is 0 Å². The lowest BCUT2D eigenvalue weighted by atomic mass is 10.0. The van der Waals surface area contributed by atoms with Crippen molar-refractivity contribution in [2.24, 2.45) is 0 Å². The van der Waals surface area contributed by atoms with Crippen LogP contribution in [0.2, 0.25) is 0 Å². The van der Waals surface area contributed by atoms with Crippen molar-refractivity contribution in [2.75, 3.05) is 5.32 Å². The summed E-state index contributed by atoms with van der Waals surface area (Å²) >= 11 is 0. The van der Waals surface area contributed by atoms with Crippen molar-refractivity contribution < 1.29 is 14.8 Å². The van der Waals surface area contributed by atoms with Gasteiger partial charge in [0.15, 0.2) is 5.69 Å². The molecule has 0 aliphatic rings. The minimum absolute atomic E-state index is 0.383. The van der Waals surface area contributed by atoms with Crippen LogP contribution in [0.15, 0.2) is 66.7 Å². The molecule has 3 rings (SSSR count). The van der Waals surface area contributed by atoms with Crippen molar-refractivity contribution in [1.82, 2.24) is 0 Å². The van der Waals surface area contributed by atoms with Gasteiger partial charge in [-0.2, -0.15) is 0 Å². The summed E-state index contributed by atoms with van der Waals surface area (Å²) in [6, 6.07) is 17.2. The van der Waals surface area contributed by atoms with Crippen LogP contribution in [0.5, 0.6) is 0 Å². The fraction of sp³-hybridized carbons (Fsp3) is 0. The zero-order chi connectivity index (χ0) is 20.3. The molecule has 0 atom stereocenters. The summed E-state index contributed by atoms with van der Waals surface area (Å²) in [5.41, 5.74) is -0.853. The molecule has 0 saturated heterocycles. The maximum Gasteiger partial charge on any atom is 0.306 e. The van der Waals surface area contributed by atoms with E-state index < -0.39 is 37.5 Å². The molecule has 28 heavy (non-hydrogen) atoms. The van der Waals surface area contributed by atoms with Crippen LogP contribution < -0.4 is 5.32 Å². The molecule has 0 spiro atoms. The third-order valence-electron chi connectivity index (χ3n) is 3.96. The second-order valence-electron chi connectivity index (χ2n) is 5.67. The maximum absolute atomic E-state index is 11.4. The SMILES string of the molecule is O=[N+]([O-])c1cc([N+](=O)[O-])c(Nc2ccccc2-c2ccccc2)c([N+](=O)[O-])c1. The second-order valence-corrected chi connectivity index (χ2v) is 5.67. The van der Waals surface area contributed by atoms with Gasteiger partial charge in [0, 0.05) is 11.3 Å². The molecular weight excluding hydrogens is 368 g/mol. The summed E-state index contributed by atoms with van der Waals surface area (Å²) in [5, 5.41) is 36.6. The van der Waals surface area contributed by atoms with Crippen LogP contribution in [0.3, 0.4) is 0 Å². The molecule has 0 heterocycles. The van der Waals surface area contributed by atoms with Crippen LogP contribution in [-0.2, 0) is 0 Å². The van der Waals surface area contributed by atoms with Crippen molar-refractivity contribution in [2.45, 2.75) is 0 Å². The summed E-state index contributed by atoms with van der Waals surface area (Å²) in [6.45, 7) is 0.